The van der Waals surface area contributed by atoms with Crippen molar-refractivity contribution in [2.45, 2.75) is 6.92 Å². The third kappa shape index (κ3) is 2.89. The maximum Gasteiger partial charge on any atom is 0.208 e. The van der Waals surface area contributed by atoms with Gasteiger partial charge in [-0.05, 0) is 40.6 Å². The van der Waals surface area contributed by atoms with Gasteiger partial charge in [0.1, 0.15) is 21.4 Å². The zero-order chi connectivity index (χ0) is 21.8. The van der Waals surface area contributed by atoms with Gasteiger partial charge in [-0.1, -0.05) is 12.1 Å². The van der Waals surface area contributed by atoms with Gasteiger partial charge in [-0.3, -0.25) is 0 Å². The van der Waals surface area contributed by atoms with Crippen molar-refractivity contribution in [3.8, 4) is 68.2 Å². The standard InChI is InChI=1S/C19H18B2O8/c1-5-2-6(8-12(22)10(20)11(21)16(26)13(8)23)4-7(3-5)9-14(24)17(27)19(29)18(28)15(9)25/h2-4,22-29H,20-21H2,1H3. The Morgan fingerprint density at radius 2 is 0.828 bits per heavy atom. The molecular formula is C19H18B2O8. The van der Waals surface area contributed by atoms with Crippen LogP contribution in [0.1, 0.15) is 5.56 Å². The van der Waals surface area contributed by atoms with E-state index in [0.717, 1.165) is 0 Å². The molecule has 0 atom stereocenters. The van der Waals surface area contributed by atoms with E-state index in [4.69, 9.17) is 0 Å². The van der Waals surface area contributed by atoms with Crippen molar-refractivity contribution in [3.05, 3.63) is 23.8 Å². The summed E-state index contributed by atoms with van der Waals surface area (Å²) in [6.07, 6.45) is 0. The Bertz CT molecular complexity index is 1030. The molecule has 10 heteroatoms. The van der Waals surface area contributed by atoms with E-state index in [2.05, 4.69) is 0 Å². The fourth-order valence-electron chi connectivity index (χ4n) is 3.25. The summed E-state index contributed by atoms with van der Waals surface area (Å²) in [5, 5.41) is 80.7. The molecule has 0 saturated carbocycles. The molecule has 0 aliphatic carbocycles. The lowest BCUT2D eigenvalue weighted by Gasteiger charge is -2.17. The van der Waals surface area contributed by atoms with Crippen LogP contribution in [-0.2, 0) is 0 Å². The minimum Gasteiger partial charge on any atom is -0.508 e. The molecule has 8 nitrogen and oxygen atoms in total. The van der Waals surface area contributed by atoms with Crippen LogP contribution in [0.25, 0.3) is 22.3 Å². The Kier molecular flexibility index (Phi) is 4.58. The molecule has 0 aliphatic rings. The summed E-state index contributed by atoms with van der Waals surface area (Å²) in [7, 11) is 3.10. The summed E-state index contributed by atoms with van der Waals surface area (Å²) in [5.74, 6) is -6.07. The highest BCUT2D eigenvalue weighted by Crippen LogP contribution is 2.55. The average molecular weight is 396 g/mol. The van der Waals surface area contributed by atoms with Crippen molar-refractivity contribution < 1.29 is 40.9 Å². The lowest BCUT2D eigenvalue weighted by Crippen LogP contribution is -2.26. The van der Waals surface area contributed by atoms with Gasteiger partial charge in [0.2, 0.25) is 17.2 Å². The average Bonchev–Trinajstić information content (AvgIpc) is 2.67. The smallest absolute Gasteiger partial charge is 0.208 e. The van der Waals surface area contributed by atoms with Gasteiger partial charge in [-0.15, -0.1) is 0 Å². The quantitative estimate of drug-likeness (QED) is 0.163. The van der Waals surface area contributed by atoms with Gasteiger partial charge in [-0.25, -0.2) is 0 Å². The number of aromatic hydroxyl groups is 8. The highest BCUT2D eigenvalue weighted by Gasteiger charge is 2.26. The molecule has 3 aromatic rings. The van der Waals surface area contributed by atoms with Crippen LogP contribution in [0.15, 0.2) is 18.2 Å². The van der Waals surface area contributed by atoms with Gasteiger partial charge in [0.25, 0.3) is 0 Å². The number of rotatable bonds is 2. The molecule has 0 aromatic heterocycles. The maximum absolute atomic E-state index is 10.5. The summed E-state index contributed by atoms with van der Waals surface area (Å²) >= 11 is 0. The highest BCUT2D eigenvalue weighted by molar-refractivity contribution is 6.51. The number of phenols is 8. The molecule has 0 amide bonds. The molecule has 0 aliphatic heterocycles. The topological polar surface area (TPSA) is 162 Å². The summed E-state index contributed by atoms with van der Waals surface area (Å²) in [5.41, 5.74) is 1.14. The first-order valence-corrected chi connectivity index (χ1v) is 8.52. The first-order chi connectivity index (χ1) is 13.5. The Balaban J connectivity index is 2.37. The van der Waals surface area contributed by atoms with Crippen LogP contribution in [0.5, 0.6) is 46.0 Å². The first kappa shape index (κ1) is 19.9. The van der Waals surface area contributed by atoms with Crippen molar-refractivity contribution in [3.63, 3.8) is 0 Å². The second-order valence-corrected chi connectivity index (χ2v) is 6.88. The number of aryl methyl sites for hydroxylation is 1. The zero-order valence-electron chi connectivity index (χ0n) is 15.8. The van der Waals surface area contributed by atoms with E-state index in [-0.39, 0.29) is 28.0 Å². The maximum atomic E-state index is 10.5. The summed E-state index contributed by atoms with van der Waals surface area (Å²) in [6.45, 7) is 1.66. The van der Waals surface area contributed by atoms with E-state index in [1.165, 1.54) is 20.0 Å². The summed E-state index contributed by atoms with van der Waals surface area (Å²) in [4.78, 5) is 0. The van der Waals surface area contributed by atoms with E-state index in [0.29, 0.717) is 16.5 Å². The van der Waals surface area contributed by atoms with Crippen LogP contribution in [0, 0.1) is 6.92 Å². The van der Waals surface area contributed by atoms with Crippen molar-refractivity contribution in [2.24, 2.45) is 0 Å². The van der Waals surface area contributed by atoms with Crippen molar-refractivity contribution >= 4 is 26.6 Å². The summed E-state index contributed by atoms with van der Waals surface area (Å²) < 4.78 is 0. The number of benzene rings is 3. The Hall–Kier alpha value is -3.81. The predicted octanol–water partition coefficient (Wildman–Crippen LogP) is -0.509. The van der Waals surface area contributed by atoms with Gasteiger partial charge in [-0.2, -0.15) is 0 Å². The van der Waals surface area contributed by atoms with Gasteiger partial charge in [0, 0.05) is 0 Å². The lowest BCUT2D eigenvalue weighted by atomic mass is 9.76. The SMILES string of the molecule is Bc1c(B)c(O)c(-c2cc(C)cc(-c3c(O)c(O)c(O)c(O)c3O)c2)c(O)c1O. The fraction of sp³-hybridized carbons (Fsp3) is 0.0526. The molecule has 148 valence electrons. The molecule has 0 fully saturated rings. The van der Waals surface area contributed by atoms with Crippen molar-refractivity contribution in [2.75, 3.05) is 0 Å². The van der Waals surface area contributed by atoms with Gasteiger partial charge < -0.3 is 40.9 Å². The number of hydrogen-bond acceptors (Lipinski definition) is 8. The molecule has 8 N–H and O–H groups in total. The van der Waals surface area contributed by atoms with E-state index in [9.17, 15) is 40.9 Å². The Labute approximate surface area is 167 Å². The first-order valence-electron chi connectivity index (χ1n) is 8.52. The number of phenolic OH excluding ortho intramolecular Hbond substituents is 8. The molecule has 3 aromatic carbocycles. The molecule has 3 rings (SSSR count). The van der Waals surface area contributed by atoms with Crippen LogP contribution >= 0.6 is 0 Å². The molecule has 0 radical (unpaired) electrons. The molecule has 0 heterocycles. The fourth-order valence-corrected chi connectivity index (χ4v) is 3.25. The second-order valence-electron chi connectivity index (χ2n) is 6.88. The minimum absolute atomic E-state index is 0.0678. The molecule has 29 heavy (non-hydrogen) atoms. The predicted molar refractivity (Wildman–Crippen MR) is 112 cm³/mol. The lowest BCUT2D eigenvalue weighted by molar-refractivity contribution is 0.330. The van der Waals surface area contributed by atoms with E-state index in [1.54, 1.807) is 20.8 Å². The second kappa shape index (κ2) is 6.66. The van der Waals surface area contributed by atoms with Crippen LogP contribution < -0.4 is 10.9 Å². The van der Waals surface area contributed by atoms with Crippen molar-refractivity contribution in [1.29, 1.82) is 0 Å². The van der Waals surface area contributed by atoms with Crippen LogP contribution in [-0.4, -0.2) is 56.5 Å². The molecular weight excluding hydrogens is 378 g/mol. The molecule has 0 unspecified atom stereocenters. The van der Waals surface area contributed by atoms with Crippen LogP contribution in [0.2, 0.25) is 0 Å². The van der Waals surface area contributed by atoms with Crippen LogP contribution in [0.4, 0.5) is 0 Å². The molecule has 0 saturated heterocycles. The zero-order valence-corrected chi connectivity index (χ0v) is 15.8. The normalized spacial score (nSPS) is 10.9. The third-order valence-electron chi connectivity index (χ3n) is 5.00. The third-order valence-corrected chi connectivity index (χ3v) is 5.00. The van der Waals surface area contributed by atoms with E-state index in [1.807, 2.05) is 0 Å². The summed E-state index contributed by atoms with van der Waals surface area (Å²) in [6, 6.07) is 4.45. The number of hydrogen-bond donors (Lipinski definition) is 8. The van der Waals surface area contributed by atoms with Gasteiger partial charge in [0.15, 0.2) is 23.0 Å². The highest BCUT2D eigenvalue weighted by atomic mass is 16.4. The van der Waals surface area contributed by atoms with Crippen molar-refractivity contribution in [1.82, 2.24) is 0 Å². The van der Waals surface area contributed by atoms with Crippen LogP contribution in [0.3, 0.4) is 0 Å². The van der Waals surface area contributed by atoms with Gasteiger partial charge in [0.05, 0.1) is 11.1 Å². The monoisotopic (exact) mass is 396 g/mol. The van der Waals surface area contributed by atoms with E-state index < -0.39 is 40.2 Å². The van der Waals surface area contributed by atoms with Gasteiger partial charge >= 0.3 is 0 Å². The minimum atomic E-state index is -1.08. The Morgan fingerprint density at radius 1 is 0.483 bits per heavy atom. The largest absolute Gasteiger partial charge is 0.508 e. The molecule has 0 spiro atoms. The molecule has 0 bridgehead atoms. The van der Waals surface area contributed by atoms with E-state index >= 15 is 0 Å². The Morgan fingerprint density at radius 3 is 1.31 bits per heavy atom.